The molecule has 0 aliphatic heterocycles. The molecule has 0 spiro atoms. The molecule has 1 saturated carbocycles. The van der Waals surface area contributed by atoms with Gasteiger partial charge in [0.1, 0.15) is 10.8 Å². The number of aromatic nitrogens is 2. The molecule has 23 heavy (non-hydrogen) atoms. The van der Waals surface area contributed by atoms with E-state index in [9.17, 15) is 9.18 Å². The summed E-state index contributed by atoms with van der Waals surface area (Å²) in [7, 11) is 3.99. The first-order valence-electron chi connectivity index (χ1n) is 7.55. The van der Waals surface area contributed by atoms with Crippen molar-refractivity contribution in [3.8, 4) is 0 Å². The van der Waals surface area contributed by atoms with Gasteiger partial charge in [-0.2, -0.15) is 0 Å². The van der Waals surface area contributed by atoms with Crippen molar-refractivity contribution in [3.05, 3.63) is 40.7 Å². The predicted octanol–water partition coefficient (Wildman–Crippen LogP) is 2.45. The fourth-order valence-corrected chi connectivity index (χ4v) is 3.26. The second-order valence-corrected chi connectivity index (χ2v) is 7.13. The van der Waals surface area contributed by atoms with E-state index in [1.165, 1.54) is 17.4 Å². The summed E-state index contributed by atoms with van der Waals surface area (Å²) in [5, 5.41) is 12.3. The minimum Gasteiger partial charge on any atom is -0.309 e. The molecule has 122 valence electrons. The van der Waals surface area contributed by atoms with Gasteiger partial charge in [-0.25, -0.2) is 4.39 Å². The smallest absolute Gasteiger partial charge is 0.236 e. The molecule has 0 atom stereocenters. The molecule has 0 unspecified atom stereocenters. The van der Waals surface area contributed by atoms with Crippen LogP contribution in [0.1, 0.15) is 23.4 Å². The quantitative estimate of drug-likeness (QED) is 0.882. The number of rotatable bonds is 6. The van der Waals surface area contributed by atoms with Crippen molar-refractivity contribution in [2.75, 3.05) is 26.0 Å². The maximum absolute atomic E-state index is 14.0. The summed E-state index contributed by atoms with van der Waals surface area (Å²) in [5.74, 6) is -0.526. The molecule has 0 saturated heterocycles. The van der Waals surface area contributed by atoms with Crippen molar-refractivity contribution in [2.45, 2.75) is 24.7 Å². The Morgan fingerprint density at radius 2 is 2.09 bits per heavy atom. The molecule has 1 heterocycles. The second-order valence-electron chi connectivity index (χ2n) is 6.07. The highest BCUT2D eigenvalue weighted by molar-refractivity contribution is 7.15. The van der Waals surface area contributed by atoms with Crippen LogP contribution in [0.2, 0.25) is 0 Å². The monoisotopic (exact) mass is 334 g/mol. The Labute approximate surface area is 138 Å². The van der Waals surface area contributed by atoms with Crippen molar-refractivity contribution < 1.29 is 9.18 Å². The number of nitrogens with zero attached hydrogens (tertiary/aromatic N) is 3. The van der Waals surface area contributed by atoms with Gasteiger partial charge in [-0.3, -0.25) is 10.1 Å². The third-order valence-electron chi connectivity index (χ3n) is 4.03. The Bertz CT molecular complexity index is 712. The summed E-state index contributed by atoms with van der Waals surface area (Å²) in [6.45, 7) is 0.877. The molecule has 1 amide bonds. The van der Waals surface area contributed by atoms with Gasteiger partial charge < -0.3 is 4.90 Å². The van der Waals surface area contributed by atoms with Gasteiger partial charge in [0.15, 0.2) is 0 Å². The standard InChI is InChI=1S/C16H19FN4OS/c1-21(2)10-7-13-19-20-15(23-13)18-14(22)16(8-9-16)11-5-3-4-6-12(11)17/h3-6H,7-10H2,1-2H3,(H,18,20,22). The number of halogens is 1. The normalized spacial score (nSPS) is 15.7. The van der Waals surface area contributed by atoms with E-state index in [1.54, 1.807) is 18.2 Å². The topological polar surface area (TPSA) is 58.1 Å². The van der Waals surface area contributed by atoms with E-state index in [1.807, 2.05) is 14.1 Å². The Balaban J connectivity index is 1.69. The van der Waals surface area contributed by atoms with Crippen LogP contribution in [-0.4, -0.2) is 41.6 Å². The summed E-state index contributed by atoms with van der Waals surface area (Å²) in [5.41, 5.74) is -0.282. The molecule has 1 aliphatic carbocycles. The van der Waals surface area contributed by atoms with Gasteiger partial charge in [0.05, 0.1) is 5.41 Å². The highest BCUT2D eigenvalue weighted by atomic mass is 32.1. The molecule has 2 aromatic rings. The fourth-order valence-electron chi connectivity index (χ4n) is 2.53. The van der Waals surface area contributed by atoms with Gasteiger partial charge in [-0.15, -0.1) is 10.2 Å². The average Bonchev–Trinajstić information content (AvgIpc) is 3.20. The number of benzene rings is 1. The zero-order chi connectivity index (χ0) is 16.4. The Morgan fingerprint density at radius 3 is 2.74 bits per heavy atom. The van der Waals surface area contributed by atoms with Crippen molar-refractivity contribution in [1.29, 1.82) is 0 Å². The van der Waals surface area contributed by atoms with Crippen LogP contribution in [0.4, 0.5) is 9.52 Å². The van der Waals surface area contributed by atoms with Gasteiger partial charge in [-0.1, -0.05) is 29.5 Å². The number of carbonyl (C=O) groups is 1. The molecule has 0 radical (unpaired) electrons. The SMILES string of the molecule is CN(C)CCc1nnc(NC(=O)C2(c3ccccc3F)CC2)s1. The van der Waals surface area contributed by atoms with E-state index in [4.69, 9.17) is 0 Å². The number of anilines is 1. The summed E-state index contributed by atoms with van der Waals surface area (Å²) in [4.78, 5) is 14.6. The Hall–Kier alpha value is -1.86. The van der Waals surface area contributed by atoms with Crippen LogP contribution in [0.25, 0.3) is 0 Å². The lowest BCUT2D eigenvalue weighted by Crippen LogP contribution is -2.28. The Morgan fingerprint density at radius 1 is 1.35 bits per heavy atom. The van der Waals surface area contributed by atoms with E-state index < -0.39 is 5.41 Å². The maximum Gasteiger partial charge on any atom is 0.236 e. The highest BCUT2D eigenvalue weighted by Crippen LogP contribution is 2.49. The molecule has 1 aromatic heterocycles. The zero-order valence-electron chi connectivity index (χ0n) is 13.2. The minimum absolute atomic E-state index is 0.196. The lowest BCUT2D eigenvalue weighted by molar-refractivity contribution is -0.118. The predicted molar refractivity (Wildman–Crippen MR) is 88.1 cm³/mol. The van der Waals surface area contributed by atoms with Crippen molar-refractivity contribution >= 4 is 22.4 Å². The number of likely N-dealkylation sites (N-methyl/N-ethyl adjacent to an activating group) is 1. The number of hydrogen-bond acceptors (Lipinski definition) is 5. The molecule has 1 aliphatic rings. The first-order chi connectivity index (χ1) is 11.0. The number of carbonyl (C=O) groups excluding carboxylic acids is 1. The van der Waals surface area contributed by atoms with E-state index in [2.05, 4.69) is 20.4 Å². The van der Waals surface area contributed by atoms with Gasteiger partial charge in [0, 0.05) is 18.5 Å². The number of amides is 1. The first kappa shape index (κ1) is 16.0. The summed E-state index contributed by atoms with van der Waals surface area (Å²) < 4.78 is 14.0. The molecule has 1 N–H and O–H groups in total. The number of hydrogen-bond donors (Lipinski definition) is 1. The summed E-state index contributed by atoms with van der Waals surface area (Å²) in [6.07, 6.45) is 2.11. The van der Waals surface area contributed by atoms with Crippen LogP contribution in [-0.2, 0) is 16.6 Å². The van der Waals surface area contributed by atoms with Crippen molar-refractivity contribution in [2.24, 2.45) is 0 Å². The molecular formula is C16H19FN4OS. The fraction of sp³-hybridized carbons (Fsp3) is 0.438. The highest BCUT2D eigenvalue weighted by Gasteiger charge is 2.52. The largest absolute Gasteiger partial charge is 0.309 e. The van der Waals surface area contributed by atoms with Gasteiger partial charge in [-0.05, 0) is 33.0 Å². The van der Waals surface area contributed by atoms with Gasteiger partial charge in [0.25, 0.3) is 0 Å². The van der Waals surface area contributed by atoms with E-state index in [0.29, 0.717) is 23.5 Å². The first-order valence-corrected chi connectivity index (χ1v) is 8.36. The van der Waals surface area contributed by atoms with Gasteiger partial charge >= 0.3 is 0 Å². The van der Waals surface area contributed by atoms with E-state index >= 15 is 0 Å². The number of nitrogens with one attached hydrogen (secondary N) is 1. The third kappa shape index (κ3) is 3.40. The van der Waals surface area contributed by atoms with Crippen LogP contribution < -0.4 is 5.32 Å². The molecule has 1 fully saturated rings. The van der Waals surface area contributed by atoms with Crippen molar-refractivity contribution in [3.63, 3.8) is 0 Å². The lowest BCUT2D eigenvalue weighted by Gasteiger charge is -2.15. The summed E-state index contributed by atoms with van der Waals surface area (Å²) >= 11 is 1.37. The lowest BCUT2D eigenvalue weighted by atomic mass is 9.94. The van der Waals surface area contributed by atoms with Crippen LogP contribution in [0, 0.1) is 5.82 Å². The molecule has 0 bridgehead atoms. The molecule has 1 aromatic carbocycles. The van der Waals surface area contributed by atoms with Gasteiger partial charge in [0.2, 0.25) is 11.0 Å². The zero-order valence-corrected chi connectivity index (χ0v) is 14.0. The van der Waals surface area contributed by atoms with E-state index in [0.717, 1.165) is 18.0 Å². The van der Waals surface area contributed by atoms with E-state index in [-0.39, 0.29) is 11.7 Å². The maximum atomic E-state index is 14.0. The van der Waals surface area contributed by atoms with Crippen LogP contribution in [0.5, 0.6) is 0 Å². The molecular weight excluding hydrogens is 315 g/mol. The van der Waals surface area contributed by atoms with Crippen molar-refractivity contribution in [1.82, 2.24) is 15.1 Å². The molecule has 7 heteroatoms. The Kier molecular flexibility index (Phi) is 4.41. The second kappa shape index (κ2) is 6.33. The third-order valence-corrected chi connectivity index (χ3v) is 4.93. The molecule has 3 rings (SSSR count). The summed E-state index contributed by atoms with van der Waals surface area (Å²) in [6, 6.07) is 6.47. The minimum atomic E-state index is -0.749. The average molecular weight is 334 g/mol. The van der Waals surface area contributed by atoms with Crippen LogP contribution >= 0.6 is 11.3 Å². The van der Waals surface area contributed by atoms with Crippen LogP contribution in [0.15, 0.2) is 24.3 Å². The molecule has 5 nitrogen and oxygen atoms in total. The van der Waals surface area contributed by atoms with Crippen LogP contribution in [0.3, 0.4) is 0 Å².